The van der Waals surface area contributed by atoms with Gasteiger partial charge in [-0.15, -0.1) is 11.3 Å². The highest BCUT2D eigenvalue weighted by Gasteiger charge is 2.26. The average molecular weight is 1130 g/mol. The van der Waals surface area contributed by atoms with Crippen LogP contribution in [0.3, 0.4) is 0 Å². The molecule has 0 radical (unpaired) electrons. The van der Waals surface area contributed by atoms with Crippen molar-refractivity contribution in [2.45, 2.75) is 0 Å². The van der Waals surface area contributed by atoms with E-state index >= 15 is 0 Å². The van der Waals surface area contributed by atoms with E-state index in [-0.39, 0.29) is 0 Å². The van der Waals surface area contributed by atoms with Gasteiger partial charge < -0.3 is 27.4 Å². The summed E-state index contributed by atoms with van der Waals surface area (Å²) in [6.07, 6.45) is 0. The minimum Gasteiger partial charge on any atom is -0.457 e. The summed E-state index contributed by atoms with van der Waals surface area (Å²) in [5.41, 5.74) is 14.8. The van der Waals surface area contributed by atoms with Crippen molar-refractivity contribution in [2.75, 3.05) is 0 Å². The predicted octanol–water partition coefficient (Wildman–Crippen LogP) is 22.1. The van der Waals surface area contributed by atoms with Gasteiger partial charge in [0.2, 0.25) is 0 Å². The first-order chi connectivity index (χ1) is 43.1. The van der Waals surface area contributed by atoms with Crippen LogP contribution in [0, 0.1) is 0 Å². The number of rotatable bonds is 8. The molecule has 0 amide bonds. The van der Waals surface area contributed by atoms with Crippen molar-refractivity contribution < 1.29 is 18.3 Å². The van der Waals surface area contributed by atoms with Crippen molar-refractivity contribution in [2.24, 2.45) is 0 Å². The topological polar surface area (TPSA) is 80.4 Å². The Bertz CT molecular complexity index is 5610. The van der Waals surface area contributed by atoms with Crippen LogP contribution in [0.2, 0.25) is 0 Å². The van der Waals surface area contributed by atoms with E-state index in [4.69, 9.17) is 28.3 Å². The van der Waals surface area contributed by atoms with E-state index in [1.165, 1.54) is 21.5 Å². The van der Waals surface area contributed by atoms with Crippen molar-refractivity contribution >= 4 is 142 Å². The van der Waals surface area contributed by atoms with Crippen molar-refractivity contribution in [3.63, 3.8) is 0 Å². The fourth-order valence-electron chi connectivity index (χ4n) is 13.6. The summed E-state index contributed by atoms with van der Waals surface area (Å²) in [6, 6.07) is 92.8. The minimum absolute atomic E-state index is 0.675. The number of para-hydroxylation sites is 8. The summed E-state index contributed by atoms with van der Waals surface area (Å²) in [6.45, 7) is 0. The summed E-state index contributed by atoms with van der Waals surface area (Å²) in [7, 11) is 0. The van der Waals surface area contributed by atoms with Crippen LogP contribution >= 0.6 is 11.3 Å². The Kier molecular flexibility index (Phi) is 10.2. The van der Waals surface area contributed by atoms with E-state index in [0.29, 0.717) is 23.0 Å². The molecule has 0 saturated carbocycles. The lowest BCUT2D eigenvalue weighted by atomic mass is 9.98. The SMILES string of the molecule is c1ccc2c(c1)oc1c(-c3sc(-c4cccc5c4oc4ccccc45)c4nc5c6cc(Oc7ccc(-n8c9ccccc9c9ccccc98)cc7)ccc6c6ccc(Oc7ccc(-n8c9ccccc9c9ccccc98)cc7)cc6c5nc34)cccc12. The molecule has 8 nitrogen and oxygen atoms in total. The van der Waals surface area contributed by atoms with Crippen molar-refractivity contribution in [3.05, 3.63) is 267 Å². The standard InChI is InChI=1S/C78H44N4O4S/c1-7-25-65-53(15-1)54-16-2-8-26-66(54)81(65)45-31-35-47(36-32-45)83-49-39-41-51-52-42-40-50(84-48-37-33-46(34-38-48)82-67-27-9-3-17-55(67)56-18-4-10-28-68(56)82)44-64(52)72-71(63(51)43-49)79-73-74(80-72)78(62-24-14-22-60-58-20-6-12-30-70(58)86-76(60)62)87-77(73)61-23-13-21-59-57-19-5-11-29-69(57)85-75(59)61/h1-44H. The lowest BCUT2D eigenvalue weighted by Crippen LogP contribution is -1.95. The molecule has 19 rings (SSSR count). The number of furan rings is 2. The van der Waals surface area contributed by atoms with E-state index < -0.39 is 0 Å². The average Bonchev–Trinajstić information content (AvgIpc) is 2.26. The van der Waals surface area contributed by atoms with Crippen molar-refractivity contribution in [1.82, 2.24) is 19.1 Å². The predicted molar refractivity (Wildman–Crippen MR) is 357 cm³/mol. The number of aromatic nitrogens is 4. The first-order valence-electron chi connectivity index (χ1n) is 29.1. The van der Waals surface area contributed by atoms with E-state index in [1.54, 1.807) is 11.3 Å². The molecule has 6 heterocycles. The molecule has 0 unspecified atom stereocenters. The van der Waals surface area contributed by atoms with Gasteiger partial charge in [0.1, 0.15) is 56.4 Å². The van der Waals surface area contributed by atoms with Crippen molar-refractivity contribution in [3.8, 4) is 55.3 Å². The Morgan fingerprint density at radius 3 is 1.02 bits per heavy atom. The Hall–Kier alpha value is -11.5. The first-order valence-corrected chi connectivity index (χ1v) is 29.9. The van der Waals surface area contributed by atoms with Gasteiger partial charge in [0, 0.05) is 76.4 Å². The fraction of sp³-hybridized carbons (Fsp3) is 0. The third kappa shape index (κ3) is 7.24. The van der Waals surface area contributed by atoms with Gasteiger partial charge in [0.25, 0.3) is 0 Å². The Morgan fingerprint density at radius 2 is 0.621 bits per heavy atom. The van der Waals surface area contributed by atoms with Crippen LogP contribution in [-0.4, -0.2) is 19.1 Å². The van der Waals surface area contributed by atoms with Crippen LogP contribution in [0.5, 0.6) is 23.0 Å². The monoisotopic (exact) mass is 1130 g/mol. The summed E-state index contributed by atoms with van der Waals surface area (Å²) < 4.78 is 31.9. The Balaban J connectivity index is 0.806. The normalized spacial score (nSPS) is 12.1. The minimum atomic E-state index is 0.675. The zero-order chi connectivity index (χ0) is 56.8. The number of thiophene rings is 1. The maximum absolute atomic E-state index is 6.84. The molecule has 0 aliphatic heterocycles. The number of hydrogen-bond acceptors (Lipinski definition) is 7. The molecule has 13 aromatic carbocycles. The third-order valence-electron chi connectivity index (χ3n) is 17.4. The molecular weight excluding hydrogens is 1090 g/mol. The van der Waals surface area contributed by atoms with Crippen LogP contribution < -0.4 is 9.47 Å². The number of hydrogen-bond donors (Lipinski definition) is 0. The zero-order valence-electron chi connectivity index (χ0n) is 46.2. The highest BCUT2D eigenvalue weighted by Crippen LogP contribution is 2.50. The van der Waals surface area contributed by atoms with Gasteiger partial charge in [0.05, 0.1) is 42.9 Å². The van der Waals surface area contributed by atoms with Crippen LogP contribution in [0.4, 0.5) is 0 Å². The lowest BCUT2D eigenvalue weighted by Gasteiger charge is -2.14. The molecule has 406 valence electrons. The second-order valence-electron chi connectivity index (χ2n) is 22.3. The second kappa shape index (κ2) is 18.5. The lowest BCUT2D eigenvalue weighted by molar-refractivity contribution is 0.483. The van der Waals surface area contributed by atoms with E-state index in [9.17, 15) is 0 Å². The number of nitrogens with zero attached hydrogens (tertiary/aromatic N) is 4. The molecule has 0 aliphatic rings. The molecule has 6 aromatic heterocycles. The largest absolute Gasteiger partial charge is 0.457 e. The molecule has 19 aromatic rings. The van der Waals surface area contributed by atoms with Gasteiger partial charge in [-0.25, -0.2) is 9.97 Å². The van der Waals surface area contributed by atoms with Crippen LogP contribution in [0.1, 0.15) is 0 Å². The van der Waals surface area contributed by atoms with E-state index in [1.807, 2.05) is 60.7 Å². The summed E-state index contributed by atoms with van der Waals surface area (Å²) in [5.74, 6) is 2.78. The van der Waals surface area contributed by atoms with Gasteiger partial charge >= 0.3 is 0 Å². The highest BCUT2D eigenvalue weighted by molar-refractivity contribution is 7.21. The maximum atomic E-state index is 6.84. The Labute approximate surface area is 499 Å². The van der Waals surface area contributed by atoms with E-state index in [2.05, 4.69) is 215 Å². The van der Waals surface area contributed by atoms with Gasteiger partial charge in [0.15, 0.2) is 0 Å². The number of ether oxygens (including phenoxy) is 2. The molecule has 0 atom stereocenters. The highest BCUT2D eigenvalue weighted by atomic mass is 32.1. The quantitative estimate of drug-likeness (QED) is 0.141. The smallest absolute Gasteiger partial charge is 0.144 e. The van der Waals surface area contributed by atoms with Gasteiger partial charge in [-0.1, -0.05) is 133 Å². The molecule has 0 N–H and O–H groups in total. The second-order valence-corrected chi connectivity index (χ2v) is 23.3. The maximum Gasteiger partial charge on any atom is 0.144 e. The van der Waals surface area contributed by atoms with Gasteiger partial charge in [-0.05, 0) is 144 Å². The van der Waals surface area contributed by atoms with E-state index in [0.717, 1.165) is 142 Å². The Morgan fingerprint density at radius 1 is 0.276 bits per heavy atom. The number of fused-ring (bicyclic) bond motifs is 19. The van der Waals surface area contributed by atoms with Crippen LogP contribution in [0.25, 0.3) is 163 Å². The first kappa shape index (κ1) is 47.9. The molecule has 0 fully saturated rings. The molecule has 9 heteroatoms. The van der Waals surface area contributed by atoms with Crippen LogP contribution in [-0.2, 0) is 0 Å². The summed E-state index contributed by atoms with van der Waals surface area (Å²) in [4.78, 5) is 13.6. The van der Waals surface area contributed by atoms with Gasteiger partial charge in [-0.3, -0.25) is 0 Å². The molecule has 0 aliphatic carbocycles. The third-order valence-corrected chi connectivity index (χ3v) is 18.7. The molecular formula is C78H44N4O4S. The van der Waals surface area contributed by atoms with Gasteiger partial charge in [-0.2, -0.15) is 0 Å². The fourth-order valence-corrected chi connectivity index (χ4v) is 14.8. The van der Waals surface area contributed by atoms with Crippen molar-refractivity contribution in [1.29, 1.82) is 0 Å². The summed E-state index contributed by atoms with van der Waals surface area (Å²) >= 11 is 1.66. The molecule has 0 spiro atoms. The zero-order valence-corrected chi connectivity index (χ0v) is 47.1. The molecule has 0 saturated heterocycles. The molecule has 87 heavy (non-hydrogen) atoms. The number of benzene rings is 13. The van der Waals surface area contributed by atoms with Crippen LogP contribution in [0.15, 0.2) is 276 Å². The summed E-state index contributed by atoms with van der Waals surface area (Å²) in [5, 5.41) is 12.9. The molecule has 0 bridgehead atoms.